The molecular formula is C11H7FN2O. The van der Waals surface area contributed by atoms with Crippen molar-refractivity contribution in [1.82, 2.24) is 9.97 Å². The number of hydrogen-bond acceptors (Lipinski definition) is 3. The van der Waals surface area contributed by atoms with Crippen molar-refractivity contribution < 1.29 is 9.18 Å². The Labute approximate surface area is 85.6 Å². The third-order valence-corrected chi connectivity index (χ3v) is 1.92. The SMILES string of the molecule is O=Cc1cnc(-c2ccccc2F)nc1. The second kappa shape index (κ2) is 3.96. The molecule has 4 heteroatoms. The van der Waals surface area contributed by atoms with Gasteiger partial charge in [-0.3, -0.25) is 4.79 Å². The minimum Gasteiger partial charge on any atom is -0.298 e. The van der Waals surface area contributed by atoms with Gasteiger partial charge in [-0.1, -0.05) is 12.1 Å². The van der Waals surface area contributed by atoms with Gasteiger partial charge in [0.15, 0.2) is 12.1 Å². The van der Waals surface area contributed by atoms with Crippen molar-refractivity contribution in [3.05, 3.63) is 48.0 Å². The Kier molecular flexibility index (Phi) is 2.49. The zero-order valence-electron chi connectivity index (χ0n) is 7.72. The highest BCUT2D eigenvalue weighted by atomic mass is 19.1. The van der Waals surface area contributed by atoms with Gasteiger partial charge in [-0.2, -0.15) is 0 Å². The van der Waals surface area contributed by atoms with Crippen molar-refractivity contribution in [2.24, 2.45) is 0 Å². The normalized spacial score (nSPS) is 9.93. The summed E-state index contributed by atoms with van der Waals surface area (Å²) in [6.07, 6.45) is 3.37. The number of carbonyl (C=O) groups is 1. The molecule has 0 aliphatic heterocycles. The zero-order chi connectivity index (χ0) is 10.7. The lowest BCUT2D eigenvalue weighted by Crippen LogP contribution is -1.93. The maximum Gasteiger partial charge on any atom is 0.162 e. The van der Waals surface area contributed by atoms with E-state index in [2.05, 4.69) is 9.97 Å². The van der Waals surface area contributed by atoms with Crippen molar-refractivity contribution in [2.75, 3.05) is 0 Å². The van der Waals surface area contributed by atoms with Crippen LogP contribution in [0.15, 0.2) is 36.7 Å². The molecule has 0 amide bonds. The first kappa shape index (κ1) is 9.45. The number of rotatable bonds is 2. The Balaban J connectivity index is 2.46. The molecule has 0 aliphatic carbocycles. The quantitative estimate of drug-likeness (QED) is 0.700. The molecule has 0 saturated carbocycles. The average molecular weight is 202 g/mol. The molecule has 2 rings (SSSR count). The number of carbonyl (C=O) groups excluding carboxylic acids is 1. The van der Waals surface area contributed by atoms with Gasteiger partial charge in [0.1, 0.15) is 5.82 Å². The molecule has 0 bridgehead atoms. The topological polar surface area (TPSA) is 42.9 Å². The summed E-state index contributed by atoms with van der Waals surface area (Å²) < 4.78 is 13.3. The van der Waals surface area contributed by atoms with Gasteiger partial charge < -0.3 is 0 Å². The fourth-order valence-corrected chi connectivity index (χ4v) is 1.18. The molecule has 2 aromatic rings. The van der Waals surface area contributed by atoms with Crippen LogP contribution in [0.25, 0.3) is 11.4 Å². The van der Waals surface area contributed by atoms with Gasteiger partial charge in [0.25, 0.3) is 0 Å². The summed E-state index contributed by atoms with van der Waals surface area (Å²) in [5, 5.41) is 0. The standard InChI is InChI=1S/C11H7FN2O/c12-10-4-2-1-3-9(10)11-13-5-8(7-15)6-14-11/h1-7H. The van der Waals surface area contributed by atoms with Crippen LogP contribution >= 0.6 is 0 Å². The molecule has 0 fully saturated rings. The van der Waals surface area contributed by atoms with Gasteiger partial charge in [-0.05, 0) is 12.1 Å². The number of nitrogens with zero attached hydrogens (tertiary/aromatic N) is 2. The van der Waals surface area contributed by atoms with Crippen molar-refractivity contribution in [3.8, 4) is 11.4 Å². The third-order valence-electron chi connectivity index (χ3n) is 1.92. The molecule has 0 atom stereocenters. The van der Waals surface area contributed by atoms with Crippen LogP contribution in [0.5, 0.6) is 0 Å². The van der Waals surface area contributed by atoms with E-state index in [0.29, 0.717) is 17.4 Å². The van der Waals surface area contributed by atoms with E-state index in [0.717, 1.165) is 0 Å². The largest absolute Gasteiger partial charge is 0.298 e. The number of aldehydes is 1. The zero-order valence-corrected chi connectivity index (χ0v) is 7.72. The van der Waals surface area contributed by atoms with Crippen LogP contribution in [0.4, 0.5) is 4.39 Å². The highest BCUT2D eigenvalue weighted by Gasteiger charge is 2.05. The Morgan fingerprint density at radius 3 is 2.40 bits per heavy atom. The Hall–Kier alpha value is -2.10. The first-order valence-electron chi connectivity index (χ1n) is 4.33. The van der Waals surface area contributed by atoms with E-state index in [1.54, 1.807) is 18.2 Å². The van der Waals surface area contributed by atoms with Crippen LogP contribution in [0.3, 0.4) is 0 Å². The first-order chi connectivity index (χ1) is 7.31. The second-order valence-electron chi connectivity index (χ2n) is 2.94. The van der Waals surface area contributed by atoms with Gasteiger partial charge >= 0.3 is 0 Å². The molecule has 1 heterocycles. The molecule has 0 spiro atoms. The predicted octanol–water partition coefficient (Wildman–Crippen LogP) is 2.10. The summed E-state index contributed by atoms with van der Waals surface area (Å²) in [6.45, 7) is 0. The molecule has 3 nitrogen and oxygen atoms in total. The van der Waals surface area contributed by atoms with Crippen molar-refractivity contribution >= 4 is 6.29 Å². The molecule has 1 aromatic carbocycles. The Bertz CT molecular complexity index is 482. The van der Waals surface area contributed by atoms with Crippen LogP contribution in [-0.2, 0) is 0 Å². The summed E-state index contributed by atoms with van der Waals surface area (Å²) in [4.78, 5) is 18.2. The minimum atomic E-state index is -0.378. The highest BCUT2D eigenvalue weighted by Crippen LogP contribution is 2.17. The van der Waals surface area contributed by atoms with Gasteiger partial charge in [-0.25, -0.2) is 14.4 Å². The number of aromatic nitrogens is 2. The minimum absolute atomic E-state index is 0.277. The monoisotopic (exact) mass is 202 g/mol. The maximum absolute atomic E-state index is 13.3. The fraction of sp³-hybridized carbons (Fsp3) is 0. The van der Waals surface area contributed by atoms with E-state index >= 15 is 0 Å². The lowest BCUT2D eigenvalue weighted by Gasteiger charge is -2.00. The van der Waals surface area contributed by atoms with E-state index in [9.17, 15) is 9.18 Å². The average Bonchev–Trinajstić information content (AvgIpc) is 2.30. The lowest BCUT2D eigenvalue weighted by molar-refractivity contribution is 0.112. The maximum atomic E-state index is 13.3. The second-order valence-corrected chi connectivity index (χ2v) is 2.94. The van der Waals surface area contributed by atoms with Crippen LogP contribution in [0.2, 0.25) is 0 Å². The first-order valence-corrected chi connectivity index (χ1v) is 4.33. The summed E-state index contributed by atoms with van der Waals surface area (Å²) in [6, 6.07) is 6.23. The molecule has 0 N–H and O–H groups in total. The third kappa shape index (κ3) is 1.88. The molecule has 74 valence electrons. The lowest BCUT2D eigenvalue weighted by atomic mass is 10.2. The van der Waals surface area contributed by atoms with Crippen LogP contribution in [0, 0.1) is 5.82 Å². The van der Waals surface area contributed by atoms with Gasteiger partial charge in [-0.15, -0.1) is 0 Å². The van der Waals surface area contributed by atoms with Gasteiger partial charge in [0.2, 0.25) is 0 Å². The number of hydrogen-bond donors (Lipinski definition) is 0. The van der Waals surface area contributed by atoms with E-state index in [-0.39, 0.29) is 11.6 Å². The Morgan fingerprint density at radius 2 is 1.80 bits per heavy atom. The molecule has 0 saturated heterocycles. The van der Waals surface area contributed by atoms with Gasteiger partial charge in [0, 0.05) is 12.4 Å². The van der Waals surface area contributed by atoms with Gasteiger partial charge in [0.05, 0.1) is 11.1 Å². The number of benzene rings is 1. The molecule has 0 aliphatic rings. The van der Waals surface area contributed by atoms with E-state index in [4.69, 9.17) is 0 Å². The number of halogens is 1. The van der Waals surface area contributed by atoms with Crippen LogP contribution in [0.1, 0.15) is 10.4 Å². The molecule has 1 aromatic heterocycles. The van der Waals surface area contributed by atoms with E-state index < -0.39 is 0 Å². The summed E-state index contributed by atoms with van der Waals surface area (Å²) in [7, 11) is 0. The van der Waals surface area contributed by atoms with Crippen LogP contribution < -0.4 is 0 Å². The fourth-order valence-electron chi connectivity index (χ4n) is 1.18. The summed E-state index contributed by atoms with van der Waals surface area (Å²) in [5.74, 6) is -0.102. The van der Waals surface area contributed by atoms with Crippen molar-refractivity contribution in [2.45, 2.75) is 0 Å². The molecule has 0 unspecified atom stereocenters. The highest BCUT2D eigenvalue weighted by molar-refractivity contribution is 5.73. The van der Waals surface area contributed by atoms with Crippen molar-refractivity contribution in [3.63, 3.8) is 0 Å². The Morgan fingerprint density at radius 1 is 1.13 bits per heavy atom. The molecule has 0 radical (unpaired) electrons. The predicted molar refractivity (Wildman–Crippen MR) is 52.8 cm³/mol. The van der Waals surface area contributed by atoms with E-state index in [1.807, 2.05) is 0 Å². The summed E-state index contributed by atoms with van der Waals surface area (Å²) >= 11 is 0. The molecule has 15 heavy (non-hydrogen) atoms. The molecular weight excluding hydrogens is 195 g/mol. The van der Waals surface area contributed by atoms with Crippen LogP contribution in [-0.4, -0.2) is 16.3 Å². The van der Waals surface area contributed by atoms with Crippen molar-refractivity contribution in [1.29, 1.82) is 0 Å². The summed E-state index contributed by atoms with van der Waals surface area (Å²) in [5.41, 5.74) is 0.699. The smallest absolute Gasteiger partial charge is 0.162 e. The van der Waals surface area contributed by atoms with E-state index in [1.165, 1.54) is 18.5 Å².